The molecule has 1 aliphatic carbocycles. The second-order valence-electron chi connectivity index (χ2n) is 6.48. The van der Waals surface area contributed by atoms with Gasteiger partial charge >= 0.3 is 0 Å². The average molecular weight is 264 g/mol. The molecule has 2 unspecified atom stereocenters. The number of nitrogens with two attached hydrogens (primary N) is 1. The molecule has 4 heteroatoms. The van der Waals surface area contributed by atoms with Gasteiger partial charge in [0.25, 0.3) is 0 Å². The first-order chi connectivity index (χ1) is 8.82. The summed E-state index contributed by atoms with van der Waals surface area (Å²) in [6.07, 6.45) is 1.86. The van der Waals surface area contributed by atoms with Gasteiger partial charge in [0.15, 0.2) is 0 Å². The van der Waals surface area contributed by atoms with Crippen LogP contribution in [0.1, 0.15) is 50.3 Å². The smallest absolute Gasteiger partial charge is 0.224 e. The Morgan fingerprint density at radius 2 is 2.32 bits per heavy atom. The predicted molar refractivity (Wildman–Crippen MR) is 74.6 cm³/mol. The molecule has 4 nitrogen and oxygen atoms in total. The summed E-state index contributed by atoms with van der Waals surface area (Å²) >= 11 is 0. The number of aryl methyl sites for hydroxylation is 1. The van der Waals surface area contributed by atoms with E-state index in [4.69, 9.17) is 10.2 Å². The number of furan rings is 1. The lowest BCUT2D eigenvalue weighted by atomic mass is 9.74. The highest BCUT2D eigenvalue weighted by Gasteiger charge is 2.35. The third kappa shape index (κ3) is 3.00. The van der Waals surface area contributed by atoms with Crippen LogP contribution in [0.25, 0.3) is 0 Å². The standard InChI is InChI=1S/C15H24N2O2/c1-9(8-16)14(18)17-12-6-15(3,4)7-13-11(12)5-10(2)19-13/h5,9,12H,6-8,16H2,1-4H3,(H,17,18). The van der Waals surface area contributed by atoms with Gasteiger partial charge in [0.2, 0.25) is 5.91 Å². The third-order valence-electron chi connectivity index (χ3n) is 3.85. The van der Waals surface area contributed by atoms with Crippen molar-refractivity contribution in [3.63, 3.8) is 0 Å². The van der Waals surface area contributed by atoms with Gasteiger partial charge < -0.3 is 15.5 Å². The van der Waals surface area contributed by atoms with Crippen molar-refractivity contribution in [2.24, 2.45) is 17.1 Å². The number of carbonyl (C=O) groups excluding carboxylic acids is 1. The van der Waals surface area contributed by atoms with Crippen LogP contribution in [-0.4, -0.2) is 12.5 Å². The Hall–Kier alpha value is -1.29. The van der Waals surface area contributed by atoms with Gasteiger partial charge in [-0.3, -0.25) is 4.79 Å². The molecule has 1 aromatic heterocycles. The quantitative estimate of drug-likeness (QED) is 0.880. The second kappa shape index (κ2) is 5.00. The molecule has 0 aliphatic heterocycles. The van der Waals surface area contributed by atoms with Crippen molar-refractivity contribution < 1.29 is 9.21 Å². The molecule has 106 valence electrons. The highest BCUT2D eigenvalue weighted by Crippen LogP contribution is 2.42. The first-order valence-electron chi connectivity index (χ1n) is 6.92. The van der Waals surface area contributed by atoms with Crippen molar-refractivity contribution in [1.82, 2.24) is 5.32 Å². The number of nitrogens with one attached hydrogen (secondary N) is 1. The molecule has 0 radical (unpaired) electrons. The summed E-state index contributed by atoms with van der Waals surface area (Å²) in [6, 6.07) is 2.08. The molecular formula is C15H24N2O2. The van der Waals surface area contributed by atoms with Crippen LogP contribution in [-0.2, 0) is 11.2 Å². The van der Waals surface area contributed by atoms with Gasteiger partial charge in [-0.25, -0.2) is 0 Å². The number of fused-ring (bicyclic) bond motifs is 1. The van der Waals surface area contributed by atoms with E-state index in [1.807, 2.05) is 19.9 Å². The minimum Gasteiger partial charge on any atom is -0.466 e. The van der Waals surface area contributed by atoms with Crippen molar-refractivity contribution in [2.45, 2.75) is 46.6 Å². The molecule has 0 saturated heterocycles. The van der Waals surface area contributed by atoms with Gasteiger partial charge in [-0.05, 0) is 24.8 Å². The van der Waals surface area contributed by atoms with Crippen LogP contribution in [0.15, 0.2) is 10.5 Å². The Bertz CT molecular complexity index is 476. The molecule has 19 heavy (non-hydrogen) atoms. The van der Waals surface area contributed by atoms with Gasteiger partial charge in [-0.15, -0.1) is 0 Å². The van der Waals surface area contributed by atoms with E-state index in [-0.39, 0.29) is 23.3 Å². The molecule has 0 fully saturated rings. The summed E-state index contributed by atoms with van der Waals surface area (Å²) in [4.78, 5) is 12.0. The van der Waals surface area contributed by atoms with E-state index >= 15 is 0 Å². The molecule has 0 saturated carbocycles. The fourth-order valence-electron chi connectivity index (χ4n) is 2.73. The van der Waals surface area contributed by atoms with Gasteiger partial charge in [-0.1, -0.05) is 20.8 Å². The maximum atomic E-state index is 12.0. The van der Waals surface area contributed by atoms with E-state index in [2.05, 4.69) is 19.2 Å². The molecule has 1 aromatic rings. The summed E-state index contributed by atoms with van der Waals surface area (Å²) in [6.45, 7) is 8.59. The van der Waals surface area contributed by atoms with E-state index < -0.39 is 0 Å². The van der Waals surface area contributed by atoms with Crippen LogP contribution >= 0.6 is 0 Å². The first kappa shape index (κ1) is 14.1. The number of hydrogen-bond donors (Lipinski definition) is 2. The molecule has 1 amide bonds. The highest BCUT2D eigenvalue weighted by molar-refractivity contribution is 5.79. The van der Waals surface area contributed by atoms with Crippen molar-refractivity contribution in [3.8, 4) is 0 Å². The molecule has 0 spiro atoms. The molecule has 3 N–H and O–H groups in total. The van der Waals surface area contributed by atoms with E-state index in [1.54, 1.807) is 0 Å². The molecule has 1 heterocycles. The molecular weight excluding hydrogens is 240 g/mol. The van der Waals surface area contributed by atoms with E-state index in [1.165, 1.54) is 0 Å². The predicted octanol–water partition coefficient (Wildman–Crippen LogP) is 2.31. The lowest BCUT2D eigenvalue weighted by molar-refractivity contribution is -0.125. The largest absolute Gasteiger partial charge is 0.466 e. The van der Waals surface area contributed by atoms with E-state index in [9.17, 15) is 4.79 Å². The Kier molecular flexibility index (Phi) is 3.72. The highest BCUT2D eigenvalue weighted by atomic mass is 16.3. The summed E-state index contributed by atoms with van der Waals surface area (Å²) < 4.78 is 5.76. The van der Waals surface area contributed by atoms with Crippen LogP contribution in [0.4, 0.5) is 0 Å². The zero-order chi connectivity index (χ0) is 14.2. The summed E-state index contributed by atoms with van der Waals surface area (Å²) in [5, 5.41) is 3.12. The van der Waals surface area contributed by atoms with Crippen molar-refractivity contribution in [2.75, 3.05) is 6.54 Å². The monoisotopic (exact) mass is 264 g/mol. The summed E-state index contributed by atoms with van der Waals surface area (Å²) in [5.41, 5.74) is 6.82. The number of amides is 1. The average Bonchev–Trinajstić information content (AvgIpc) is 2.66. The Balaban J connectivity index is 2.22. The van der Waals surface area contributed by atoms with Crippen LogP contribution in [0.5, 0.6) is 0 Å². The normalized spacial score (nSPS) is 22.7. The molecule has 0 aromatic carbocycles. The van der Waals surface area contributed by atoms with Crippen LogP contribution in [0, 0.1) is 18.3 Å². The van der Waals surface area contributed by atoms with Crippen molar-refractivity contribution in [1.29, 1.82) is 0 Å². The Morgan fingerprint density at radius 3 is 2.95 bits per heavy atom. The second-order valence-corrected chi connectivity index (χ2v) is 6.48. The third-order valence-corrected chi connectivity index (χ3v) is 3.85. The topological polar surface area (TPSA) is 68.3 Å². The minimum atomic E-state index is -0.151. The molecule has 1 aliphatic rings. The Labute approximate surface area is 114 Å². The molecule has 2 rings (SSSR count). The lowest BCUT2D eigenvalue weighted by Gasteiger charge is -2.35. The zero-order valence-electron chi connectivity index (χ0n) is 12.2. The summed E-state index contributed by atoms with van der Waals surface area (Å²) in [5.74, 6) is 1.80. The lowest BCUT2D eigenvalue weighted by Crippen LogP contribution is -2.40. The van der Waals surface area contributed by atoms with Crippen LogP contribution < -0.4 is 11.1 Å². The maximum Gasteiger partial charge on any atom is 0.224 e. The van der Waals surface area contributed by atoms with Gasteiger partial charge in [-0.2, -0.15) is 0 Å². The van der Waals surface area contributed by atoms with Gasteiger partial charge in [0.05, 0.1) is 6.04 Å². The van der Waals surface area contributed by atoms with E-state index in [0.717, 1.165) is 29.9 Å². The SMILES string of the molecule is Cc1cc2c(o1)CC(C)(C)CC2NC(=O)C(C)CN. The van der Waals surface area contributed by atoms with E-state index in [0.29, 0.717) is 6.54 Å². The molecule has 0 bridgehead atoms. The Morgan fingerprint density at radius 1 is 1.63 bits per heavy atom. The van der Waals surface area contributed by atoms with Gasteiger partial charge in [0.1, 0.15) is 11.5 Å². The molecule has 2 atom stereocenters. The van der Waals surface area contributed by atoms with Crippen molar-refractivity contribution in [3.05, 3.63) is 23.2 Å². The minimum absolute atomic E-state index is 0.0232. The van der Waals surface area contributed by atoms with Crippen LogP contribution in [0.3, 0.4) is 0 Å². The number of carbonyl (C=O) groups is 1. The maximum absolute atomic E-state index is 12.0. The fraction of sp³-hybridized carbons (Fsp3) is 0.667. The van der Waals surface area contributed by atoms with Crippen LogP contribution in [0.2, 0.25) is 0 Å². The fourth-order valence-corrected chi connectivity index (χ4v) is 2.73. The van der Waals surface area contributed by atoms with Gasteiger partial charge in [0, 0.05) is 24.4 Å². The zero-order valence-corrected chi connectivity index (χ0v) is 12.2. The number of rotatable bonds is 3. The first-order valence-corrected chi connectivity index (χ1v) is 6.92. The summed E-state index contributed by atoms with van der Waals surface area (Å²) in [7, 11) is 0. The number of hydrogen-bond acceptors (Lipinski definition) is 3. The van der Waals surface area contributed by atoms with Crippen molar-refractivity contribution >= 4 is 5.91 Å².